The van der Waals surface area contributed by atoms with Crippen molar-refractivity contribution in [3.63, 3.8) is 0 Å². The zero-order valence-corrected chi connectivity index (χ0v) is 17.6. The summed E-state index contributed by atoms with van der Waals surface area (Å²) in [5.74, 6) is 0.0741. The number of hydrogen-bond donors (Lipinski definition) is 0. The first kappa shape index (κ1) is 21.3. The SMILES string of the molecule is CCCCC[C@H](CC(=O)N(C)OC)C(=O)N1CCC[C@H]1c1nc2ccccc2o1. The summed E-state index contributed by atoms with van der Waals surface area (Å²) in [4.78, 5) is 37.3. The number of nitrogens with zero attached hydrogens (tertiary/aromatic N) is 3. The molecule has 2 atom stereocenters. The zero-order valence-electron chi connectivity index (χ0n) is 17.6. The standard InChI is InChI=1S/C22H31N3O4/c1-4-5-6-10-16(15-20(26)24(2)28-3)22(27)25-14-9-12-18(25)21-23-17-11-7-8-13-19(17)29-21/h7-8,11,13,16,18H,4-6,9-10,12,14-15H2,1-3H3/t16-,18+/m1/s1. The van der Waals surface area contributed by atoms with Crippen LogP contribution in [0.3, 0.4) is 0 Å². The number of likely N-dealkylation sites (tertiary alicyclic amines) is 1. The average Bonchev–Trinajstić information content (AvgIpc) is 3.38. The van der Waals surface area contributed by atoms with Crippen molar-refractivity contribution in [3.05, 3.63) is 30.2 Å². The molecule has 0 unspecified atom stereocenters. The van der Waals surface area contributed by atoms with E-state index < -0.39 is 0 Å². The number of rotatable bonds is 9. The van der Waals surface area contributed by atoms with Crippen molar-refractivity contribution in [1.82, 2.24) is 14.9 Å². The van der Waals surface area contributed by atoms with E-state index in [9.17, 15) is 9.59 Å². The van der Waals surface area contributed by atoms with Crippen molar-refractivity contribution < 1.29 is 18.8 Å². The van der Waals surface area contributed by atoms with Gasteiger partial charge >= 0.3 is 0 Å². The predicted octanol–water partition coefficient (Wildman–Crippen LogP) is 4.10. The summed E-state index contributed by atoms with van der Waals surface area (Å²) in [7, 11) is 3.03. The van der Waals surface area contributed by atoms with E-state index in [1.54, 1.807) is 7.05 Å². The fourth-order valence-electron chi connectivity index (χ4n) is 3.95. The highest BCUT2D eigenvalue weighted by molar-refractivity contribution is 5.86. The molecule has 7 nitrogen and oxygen atoms in total. The second-order valence-electron chi connectivity index (χ2n) is 7.68. The lowest BCUT2D eigenvalue weighted by molar-refractivity contribution is -0.171. The molecule has 2 aromatic rings. The van der Waals surface area contributed by atoms with E-state index in [-0.39, 0.29) is 30.2 Å². The molecule has 1 aromatic heterocycles. The van der Waals surface area contributed by atoms with E-state index in [1.165, 1.54) is 12.2 Å². The maximum atomic E-state index is 13.4. The Labute approximate surface area is 172 Å². The Morgan fingerprint density at radius 3 is 2.86 bits per heavy atom. The molecule has 1 aromatic carbocycles. The van der Waals surface area contributed by atoms with E-state index in [0.717, 1.165) is 43.2 Å². The summed E-state index contributed by atoms with van der Waals surface area (Å²) in [5, 5.41) is 1.20. The number of hydroxylamine groups is 2. The summed E-state index contributed by atoms with van der Waals surface area (Å²) in [6, 6.07) is 7.47. The molecule has 2 heterocycles. The van der Waals surface area contributed by atoms with Gasteiger partial charge in [-0.3, -0.25) is 14.4 Å². The van der Waals surface area contributed by atoms with Crippen molar-refractivity contribution in [2.75, 3.05) is 20.7 Å². The number of amides is 2. The minimum absolute atomic E-state index is 0.0173. The van der Waals surface area contributed by atoms with Gasteiger partial charge in [-0.15, -0.1) is 0 Å². The number of carbonyl (C=O) groups excluding carboxylic acids is 2. The maximum absolute atomic E-state index is 13.4. The Morgan fingerprint density at radius 2 is 2.14 bits per heavy atom. The van der Waals surface area contributed by atoms with Crippen LogP contribution in [0.5, 0.6) is 0 Å². The number of hydrogen-bond acceptors (Lipinski definition) is 5. The second kappa shape index (κ2) is 9.87. The van der Waals surface area contributed by atoms with Crippen LogP contribution in [0.2, 0.25) is 0 Å². The first-order valence-electron chi connectivity index (χ1n) is 10.5. The lowest BCUT2D eigenvalue weighted by atomic mass is 9.95. The Morgan fingerprint density at radius 1 is 1.34 bits per heavy atom. The number of benzene rings is 1. The van der Waals surface area contributed by atoms with E-state index in [1.807, 2.05) is 29.2 Å². The van der Waals surface area contributed by atoms with Crippen molar-refractivity contribution >= 4 is 22.9 Å². The van der Waals surface area contributed by atoms with Gasteiger partial charge < -0.3 is 9.32 Å². The molecule has 1 saturated heterocycles. The van der Waals surface area contributed by atoms with Crippen LogP contribution in [-0.2, 0) is 14.4 Å². The van der Waals surface area contributed by atoms with Gasteiger partial charge in [0.15, 0.2) is 5.58 Å². The molecule has 0 radical (unpaired) electrons. The Balaban J connectivity index is 1.77. The fourth-order valence-corrected chi connectivity index (χ4v) is 3.95. The molecule has 1 fully saturated rings. The summed E-state index contributed by atoms with van der Waals surface area (Å²) in [5.41, 5.74) is 1.54. The Kier molecular flexibility index (Phi) is 7.25. The molecule has 29 heavy (non-hydrogen) atoms. The molecule has 2 amide bonds. The third-order valence-corrected chi connectivity index (χ3v) is 5.68. The van der Waals surface area contributed by atoms with Crippen LogP contribution in [0.15, 0.2) is 28.7 Å². The molecule has 0 bridgehead atoms. The molecule has 158 valence electrons. The first-order valence-corrected chi connectivity index (χ1v) is 10.5. The van der Waals surface area contributed by atoms with E-state index in [2.05, 4.69) is 11.9 Å². The summed E-state index contributed by atoms with van der Waals surface area (Å²) in [6.07, 6.45) is 5.64. The largest absolute Gasteiger partial charge is 0.438 e. The number of oxazole rings is 1. The highest BCUT2D eigenvalue weighted by Gasteiger charge is 2.37. The van der Waals surface area contributed by atoms with Gasteiger partial charge in [-0.2, -0.15) is 0 Å². The van der Waals surface area contributed by atoms with E-state index in [4.69, 9.17) is 9.25 Å². The molecular weight excluding hydrogens is 370 g/mol. The maximum Gasteiger partial charge on any atom is 0.246 e. The van der Waals surface area contributed by atoms with Crippen molar-refractivity contribution in [2.45, 2.75) is 57.9 Å². The van der Waals surface area contributed by atoms with Gasteiger partial charge in [-0.05, 0) is 31.4 Å². The van der Waals surface area contributed by atoms with Crippen molar-refractivity contribution in [2.24, 2.45) is 5.92 Å². The minimum atomic E-state index is -0.350. The molecule has 0 spiro atoms. The Bertz CT molecular complexity index is 801. The lowest BCUT2D eigenvalue weighted by Gasteiger charge is -2.28. The molecular formula is C22H31N3O4. The highest BCUT2D eigenvalue weighted by Crippen LogP contribution is 2.35. The van der Waals surface area contributed by atoms with Gasteiger partial charge in [0.05, 0.1) is 7.11 Å². The molecule has 7 heteroatoms. The number of carbonyl (C=O) groups is 2. The minimum Gasteiger partial charge on any atom is -0.438 e. The van der Waals surface area contributed by atoms with E-state index in [0.29, 0.717) is 18.9 Å². The van der Waals surface area contributed by atoms with Gasteiger partial charge in [0.25, 0.3) is 0 Å². The number of para-hydroxylation sites is 2. The van der Waals surface area contributed by atoms with Crippen molar-refractivity contribution in [3.8, 4) is 0 Å². The topological polar surface area (TPSA) is 75.9 Å². The lowest BCUT2D eigenvalue weighted by Crippen LogP contribution is -2.38. The van der Waals surface area contributed by atoms with Crippen LogP contribution in [0.25, 0.3) is 11.1 Å². The summed E-state index contributed by atoms with van der Waals surface area (Å²) in [6.45, 7) is 2.80. The average molecular weight is 402 g/mol. The predicted molar refractivity (Wildman–Crippen MR) is 110 cm³/mol. The van der Waals surface area contributed by atoms with Crippen LogP contribution in [0.1, 0.15) is 63.8 Å². The van der Waals surface area contributed by atoms with Crippen LogP contribution < -0.4 is 0 Å². The zero-order chi connectivity index (χ0) is 20.8. The van der Waals surface area contributed by atoms with Crippen LogP contribution >= 0.6 is 0 Å². The highest BCUT2D eigenvalue weighted by atomic mass is 16.7. The van der Waals surface area contributed by atoms with Crippen LogP contribution in [-0.4, -0.2) is 47.5 Å². The first-order chi connectivity index (χ1) is 14.0. The third-order valence-electron chi connectivity index (χ3n) is 5.68. The summed E-state index contributed by atoms with van der Waals surface area (Å²) >= 11 is 0. The van der Waals surface area contributed by atoms with Gasteiger partial charge in [-0.1, -0.05) is 38.3 Å². The van der Waals surface area contributed by atoms with Gasteiger partial charge in [-0.25, -0.2) is 10.0 Å². The van der Waals surface area contributed by atoms with E-state index >= 15 is 0 Å². The van der Waals surface area contributed by atoms with Gasteiger partial charge in [0, 0.05) is 25.9 Å². The molecule has 0 saturated carbocycles. The fraction of sp³-hybridized carbons (Fsp3) is 0.591. The van der Waals surface area contributed by atoms with Crippen molar-refractivity contribution in [1.29, 1.82) is 0 Å². The molecule has 0 N–H and O–H groups in total. The molecule has 0 aliphatic carbocycles. The van der Waals surface area contributed by atoms with Gasteiger partial charge in [0.1, 0.15) is 11.6 Å². The van der Waals surface area contributed by atoms with Crippen LogP contribution in [0, 0.1) is 5.92 Å². The second-order valence-corrected chi connectivity index (χ2v) is 7.68. The monoisotopic (exact) mass is 401 g/mol. The summed E-state index contributed by atoms with van der Waals surface area (Å²) < 4.78 is 5.95. The normalized spacial score (nSPS) is 17.6. The smallest absolute Gasteiger partial charge is 0.246 e. The number of fused-ring (bicyclic) bond motifs is 1. The molecule has 1 aliphatic rings. The molecule has 1 aliphatic heterocycles. The number of unbranched alkanes of at least 4 members (excludes halogenated alkanes) is 2. The number of aromatic nitrogens is 1. The van der Waals surface area contributed by atoms with Crippen LogP contribution in [0.4, 0.5) is 0 Å². The van der Waals surface area contributed by atoms with Gasteiger partial charge in [0.2, 0.25) is 17.7 Å². The quantitative estimate of drug-likeness (QED) is 0.467. The Hall–Kier alpha value is -2.41. The third kappa shape index (κ3) is 4.96. The molecule has 3 rings (SSSR count).